The number of phosphoric ester groups is 1. The Morgan fingerprint density at radius 2 is 1.95 bits per heavy atom. The molecular formula is C21H22F3N4O7PS. The van der Waals surface area contributed by atoms with Crippen LogP contribution in [0, 0.1) is 24.4 Å². The van der Waals surface area contributed by atoms with Crippen molar-refractivity contribution < 1.29 is 46.7 Å². The summed E-state index contributed by atoms with van der Waals surface area (Å²) in [5.41, 5.74) is 5.79. The number of benzene rings is 1. The van der Waals surface area contributed by atoms with E-state index in [-0.39, 0.29) is 29.4 Å². The van der Waals surface area contributed by atoms with Gasteiger partial charge in [-0.1, -0.05) is 11.8 Å². The summed E-state index contributed by atoms with van der Waals surface area (Å²) in [6, 6.07) is 1.45. The van der Waals surface area contributed by atoms with Gasteiger partial charge in [0, 0.05) is 34.3 Å². The Kier molecular flexibility index (Phi) is 10.4. The summed E-state index contributed by atoms with van der Waals surface area (Å²) >= 11 is 0.493. The largest absolute Gasteiger partial charge is 0.477 e. The van der Waals surface area contributed by atoms with Crippen LogP contribution < -0.4 is 5.73 Å². The number of nitrogens with two attached hydrogens (primary N) is 1. The van der Waals surface area contributed by atoms with E-state index in [1.54, 1.807) is 6.92 Å². The van der Waals surface area contributed by atoms with Gasteiger partial charge in [-0.05, 0) is 32.1 Å². The van der Waals surface area contributed by atoms with E-state index < -0.39 is 48.3 Å². The maximum Gasteiger partial charge on any atom is 0.469 e. The number of hydrogen-bond acceptors (Lipinski definition) is 8. The lowest BCUT2D eigenvalue weighted by Crippen LogP contribution is -2.22. The topological polar surface area (TPSA) is 176 Å². The fourth-order valence-corrected chi connectivity index (χ4v) is 4.16. The van der Waals surface area contributed by atoms with Crippen molar-refractivity contribution in [2.75, 3.05) is 12.3 Å². The average molecular weight is 562 g/mol. The molecule has 0 fully saturated rings. The first-order valence-corrected chi connectivity index (χ1v) is 12.5. The summed E-state index contributed by atoms with van der Waals surface area (Å²) in [6.45, 7) is 2.29. The van der Waals surface area contributed by atoms with Crippen LogP contribution in [0.4, 0.5) is 19.0 Å². The van der Waals surface area contributed by atoms with E-state index in [9.17, 15) is 32.4 Å². The summed E-state index contributed by atoms with van der Waals surface area (Å²) in [5.74, 6) is -5.98. The molecule has 37 heavy (non-hydrogen) atoms. The number of aryl methyl sites for hydroxylation is 1. The van der Waals surface area contributed by atoms with E-state index in [1.165, 1.54) is 13.1 Å². The van der Waals surface area contributed by atoms with Crippen LogP contribution in [-0.2, 0) is 25.2 Å². The van der Waals surface area contributed by atoms with Gasteiger partial charge in [-0.2, -0.15) is 0 Å². The van der Waals surface area contributed by atoms with Gasteiger partial charge in [-0.3, -0.25) is 9.32 Å². The van der Waals surface area contributed by atoms with Crippen LogP contribution in [0.25, 0.3) is 6.08 Å². The first-order valence-electron chi connectivity index (χ1n) is 10.2. The number of halogens is 3. The third kappa shape index (κ3) is 8.68. The molecule has 5 N–H and O–H groups in total. The fourth-order valence-electron chi connectivity index (χ4n) is 2.84. The van der Waals surface area contributed by atoms with Gasteiger partial charge < -0.3 is 25.5 Å². The highest BCUT2D eigenvalue weighted by Gasteiger charge is 2.21. The van der Waals surface area contributed by atoms with E-state index >= 15 is 0 Å². The van der Waals surface area contributed by atoms with Gasteiger partial charge in [-0.25, -0.2) is 32.5 Å². The third-order valence-electron chi connectivity index (χ3n) is 4.70. The number of phosphoric acid groups is 1. The number of thioether (sulfide) groups is 1. The lowest BCUT2D eigenvalue weighted by atomic mass is 10.2. The van der Waals surface area contributed by atoms with Gasteiger partial charge in [0.25, 0.3) is 0 Å². The van der Waals surface area contributed by atoms with Gasteiger partial charge in [0.1, 0.15) is 11.6 Å². The summed E-state index contributed by atoms with van der Waals surface area (Å²) in [7, 11) is -4.88. The Hall–Kier alpha value is -3.23. The second-order valence-electron chi connectivity index (χ2n) is 7.32. The molecule has 0 atom stereocenters. The molecule has 1 aromatic heterocycles. The molecule has 11 nitrogen and oxygen atoms in total. The van der Waals surface area contributed by atoms with Crippen molar-refractivity contribution >= 4 is 43.9 Å². The fraction of sp³-hybridized carbons (Fsp3) is 0.238. The Morgan fingerprint density at radius 1 is 1.27 bits per heavy atom. The summed E-state index contributed by atoms with van der Waals surface area (Å²) in [6.07, 6.45) is 2.24. The summed E-state index contributed by atoms with van der Waals surface area (Å²) in [5, 5.41) is 9.65. The molecule has 2 aromatic rings. The average Bonchev–Trinajstić information content (AvgIpc) is 2.81. The van der Waals surface area contributed by atoms with Crippen molar-refractivity contribution in [2.24, 2.45) is 0 Å². The number of nitrogens with zero attached hydrogens (tertiary/aromatic N) is 3. The number of carbonyl (C=O) groups excluding carboxylic acids is 1. The van der Waals surface area contributed by atoms with Crippen LogP contribution in [0.15, 0.2) is 33.8 Å². The van der Waals surface area contributed by atoms with Crippen LogP contribution in [0.3, 0.4) is 0 Å². The molecule has 0 aliphatic rings. The zero-order valence-electron chi connectivity index (χ0n) is 19.4. The highest BCUT2D eigenvalue weighted by atomic mass is 32.2. The first kappa shape index (κ1) is 30.0. The van der Waals surface area contributed by atoms with Crippen LogP contribution in [0.1, 0.15) is 30.3 Å². The van der Waals surface area contributed by atoms with E-state index in [0.717, 1.165) is 17.0 Å². The smallest absolute Gasteiger partial charge is 0.469 e. The van der Waals surface area contributed by atoms with Crippen LogP contribution in [0.2, 0.25) is 0 Å². The lowest BCUT2D eigenvalue weighted by molar-refractivity contribution is -0.131. The van der Waals surface area contributed by atoms with Gasteiger partial charge >= 0.3 is 13.8 Å². The van der Waals surface area contributed by atoms with E-state index in [0.29, 0.717) is 35.6 Å². The van der Waals surface area contributed by atoms with Gasteiger partial charge in [0.2, 0.25) is 6.41 Å². The zero-order valence-corrected chi connectivity index (χ0v) is 21.1. The molecule has 0 bridgehead atoms. The second-order valence-corrected chi connectivity index (χ2v) is 9.70. The van der Waals surface area contributed by atoms with Gasteiger partial charge in [0.15, 0.2) is 17.5 Å². The maximum atomic E-state index is 14.1. The highest BCUT2D eigenvalue weighted by molar-refractivity contribution is 8.07. The Labute approximate surface area is 213 Å². The van der Waals surface area contributed by atoms with E-state index in [1.807, 2.05) is 0 Å². The SMILES string of the molecule is C/C(=C(\CCOP(=O)(O)O)S/C(=C/c1ccc(F)c(F)c1F)C(=O)O)N(C=O)Cc1cnc(C)nc1N. The molecule has 0 aliphatic carbocycles. The molecule has 1 heterocycles. The van der Waals surface area contributed by atoms with Crippen molar-refractivity contribution in [3.63, 3.8) is 0 Å². The predicted octanol–water partition coefficient (Wildman–Crippen LogP) is 3.33. The summed E-state index contributed by atoms with van der Waals surface area (Å²) in [4.78, 5) is 50.3. The number of aliphatic carboxylic acids is 1. The van der Waals surface area contributed by atoms with Crippen LogP contribution in [-0.4, -0.2) is 48.7 Å². The van der Waals surface area contributed by atoms with Crippen molar-refractivity contribution in [1.82, 2.24) is 14.9 Å². The molecule has 0 saturated heterocycles. The van der Waals surface area contributed by atoms with Crippen LogP contribution >= 0.6 is 19.6 Å². The molecule has 0 unspecified atom stereocenters. The number of allylic oxidation sites excluding steroid dienone is 1. The normalized spacial score (nSPS) is 12.8. The van der Waals surface area contributed by atoms with Crippen molar-refractivity contribution in [3.8, 4) is 0 Å². The second kappa shape index (κ2) is 12.8. The number of carboxylic acid groups (broad SMARTS) is 1. The van der Waals surface area contributed by atoms with Crippen molar-refractivity contribution in [2.45, 2.75) is 26.8 Å². The van der Waals surface area contributed by atoms with Crippen molar-refractivity contribution in [3.05, 3.63) is 68.2 Å². The minimum Gasteiger partial charge on any atom is -0.477 e. The molecule has 0 saturated carbocycles. The zero-order chi connectivity index (χ0) is 27.9. The Bertz CT molecular complexity index is 1300. The minimum atomic E-state index is -4.88. The Balaban J connectivity index is 2.51. The number of amides is 1. The molecule has 2 rings (SSSR count). The summed E-state index contributed by atoms with van der Waals surface area (Å²) < 4.78 is 56.6. The predicted molar refractivity (Wildman–Crippen MR) is 128 cm³/mol. The number of rotatable bonds is 12. The van der Waals surface area contributed by atoms with E-state index in [4.69, 9.17) is 15.5 Å². The molecule has 1 amide bonds. The minimum absolute atomic E-state index is 0.0730. The molecule has 16 heteroatoms. The number of carbonyl (C=O) groups is 2. The molecular weight excluding hydrogens is 540 g/mol. The number of nitrogen functional groups attached to an aromatic ring is 1. The number of hydrogen-bond donors (Lipinski definition) is 4. The molecule has 200 valence electrons. The number of carboxylic acids is 1. The highest BCUT2D eigenvalue weighted by Crippen LogP contribution is 2.39. The molecule has 0 spiro atoms. The Morgan fingerprint density at radius 3 is 2.51 bits per heavy atom. The molecule has 0 aliphatic heterocycles. The molecule has 1 aromatic carbocycles. The monoisotopic (exact) mass is 562 g/mol. The maximum absolute atomic E-state index is 14.1. The van der Waals surface area contributed by atoms with Gasteiger partial charge in [0.05, 0.1) is 18.1 Å². The third-order valence-corrected chi connectivity index (χ3v) is 6.48. The van der Waals surface area contributed by atoms with Crippen LogP contribution in [0.5, 0.6) is 0 Å². The van der Waals surface area contributed by atoms with E-state index in [2.05, 4.69) is 14.5 Å². The van der Waals surface area contributed by atoms with Gasteiger partial charge in [-0.15, -0.1) is 0 Å². The number of anilines is 1. The number of aromatic nitrogens is 2. The quantitative estimate of drug-likeness (QED) is 0.129. The molecule has 0 radical (unpaired) electrons. The first-order chi connectivity index (χ1) is 17.2. The lowest BCUT2D eigenvalue weighted by Gasteiger charge is -2.22. The standard InChI is InChI=1S/C21H22F3N4O7PS/c1-11(28(10-29)9-14-8-26-12(2)27-20(14)25)16(5-6-35-36(32,33)34)37-17(21(30)31)7-13-3-4-15(22)19(24)18(13)23/h3-4,7-8,10H,5-6,9H2,1-2H3,(H,30,31)(H2,25,26,27)(H2,32,33,34)/b16-11-,17-7+. The van der Waals surface area contributed by atoms with Crippen molar-refractivity contribution in [1.29, 1.82) is 0 Å².